The molecule has 0 N–H and O–H groups in total. The SMILES string of the molecule is O=C(CCc1nc(-c2ccco2)no1)N1Cc2ccccc2[C@@H](c2ccccc2)C1. The van der Waals surface area contributed by atoms with E-state index >= 15 is 0 Å². The van der Waals surface area contributed by atoms with E-state index in [2.05, 4.69) is 40.5 Å². The Labute approximate surface area is 174 Å². The van der Waals surface area contributed by atoms with Gasteiger partial charge >= 0.3 is 0 Å². The van der Waals surface area contributed by atoms with E-state index in [9.17, 15) is 4.79 Å². The zero-order valence-corrected chi connectivity index (χ0v) is 16.4. The average molecular weight is 399 g/mol. The minimum Gasteiger partial charge on any atom is -0.461 e. The van der Waals surface area contributed by atoms with E-state index in [-0.39, 0.29) is 11.8 Å². The maximum Gasteiger partial charge on any atom is 0.238 e. The first-order valence-corrected chi connectivity index (χ1v) is 10.0. The summed E-state index contributed by atoms with van der Waals surface area (Å²) in [5.74, 6) is 1.65. The first kappa shape index (κ1) is 18.4. The van der Waals surface area contributed by atoms with E-state index in [0.29, 0.717) is 43.4 Å². The molecule has 0 saturated carbocycles. The predicted molar refractivity (Wildman–Crippen MR) is 110 cm³/mol. The van der Waals surface area contributed by atoms with Crippen LogP contribution >= 0.6 is 0 Å². The fourth-order valence-corrected chi connectivity index (χ4v) is 4.00. The van der Waals surface area contributed by atoms with Crippen molar-refractivity contribution in [3.05, 3.63) is 95.6 Å². The van der Waals surface area contributed by atoms with Crippen LogP contribution < -0.4 is 0 Å². The third kappa shape index (κ3) is 3.64. The zero-order valence-electron chi connectivity index (χ0n) is 16.4. The Balaban J connectivity index is 1.30. The molecule has 0 aliphatic carbocycles. The number of hydrogen-bond donors (Lipinski definition) is 0. The van der Waals surface area contributed by atoms with Crippen LogP contribution in [0.15, 0.2) is 81.9 Å². The summed E-state index contributed by atoms with van der Waals surface area (Å²) in [6.07, 6.45) is 2.29. The molecule has 150 valence electrons. The molecule has 2 aromatic heterocycles. The van der Waals surface area contributed by atoms with Gasteiger partial charge in [0.2, 0.25) is 17.6 Å². The summed E-state index contributed by atoms with van der Waals surface area (Å²) in [6, 6.07) is 22.3. The maximum absolute atomic E-state index is 13.0. The molecule has 30 heavy (non-hydrogen) atoms. The number of benzene rings is 2. The molecule has 3 heterocycles. The third-order valence-corrected chi connectivity index (χ3v) is 5.51. The Kier molecular flexibility index (Phi) is 4.89. The molecule has 4 aromatic rings. The Bertz CT molecular complexity index is 1140. The van der Waals surface area contributed by atoms with Gasteiger partial charge in [-0.25, -0.2) is 0 Å². The summed E-state index contributed by atoms with van der Waals surface area (Å²) < 4.78 is 10.6. The van der Waals surface area contributed by atoms with Crippen LogP contribution in [-0.4, -0.2) is 27.5 Å². The Hall–Kier alpha value is -3.67. The van der Waals surface area contributed by atoms with Crippen molar-refractivity contribution in [1.82, 2.24) is 15.0 Å². The molecule has 0 saturated heterocycles. The van der Waals surface area contributed by atoms with E-state index in [4.69, 9.17) is 8.94 Å². The zero-order chi connectivity index (χ0) is 20.3. The average Bonchev–Trinajstić information content (AvgIpc) is 3.49. The molecule has 2 aromatic carbocycles. The fraction of sp³-hybridized carbons (Fsp3) is 0.208. The molecule has 1 amide bonds. The first-order chi connectivity index (χ1) is 14.8. The van der Waals surface area contributed by atoms with E-state index in [1.165, 1.54) is 16.7 Å². The van der Waals surface area contributed by atoms with Gasteiger partial charge in [-0.2, -0.15) is 4.98 Å². The summed E-state index contributed by atoms with van der Waals surface area (Å²) in [5.41, 5.74) is 3.72. The number of nitrogens with zero attached hydrogens (tertiary/aromatic N) is 3. The number of carbonyl (C=O) groups excluding carboxylic acids is 1. The molecule has 5 rings (SSSR count). The normalized spacial score (nSPS) is 15.7. The summed E-state index contributed by atoms with van der Waals surface area (Å²) in [5, 5.41) is 3.93. The molecule has 0 spiro atoms. The van der Waals surface area contributed by atoms with Gasteiger partial charge in [-0.1, -0.05) is 59.8 Å². The molecule has 0 fully saturated rings. The van der Waals surface area contributed by atoms with Crippen molar-refractivity contribution in [2.75, 3.05) is 6.54 Å². The van der Waals surface area contributed by atoms with E-state index in [1.807, 2.05) is 29.2 Å². The van der Waals surface area contributed by atoms with Gasteiger partial charge in [-0.3, -0.25) is 4.79 Å². The summed E-state index contributed by atoms with van der Waals surface area (Å²) in [6.45, 7) is 1.29. The van der Waals surface area contributed by atoms with Crippen molar-refractivity contribution in [2.24, 2.45) is 0 Å². The second-order valence-electron chi connectivity index (χ2n) is 7.43. The van der Waals surface area contributed by atoms with Crippen LogP contribution in [0.3, 0.4) is 0 Å². The quantitative estimate of drug-likeness (QED) is 0.496. The van der Waals surface area contributed by atoms with Gasteiger partial charge in [0.25, 0.3) is 0 Å². The molecule has 1 aliphatic heterocycles. The number of aryl methyl sites for hydroxylation is 1. The van der Waals surface area contributed by atoms with Gasteiger partial charge in [-0.05, 0) is 28.8 Å². The molecule has 1 atom stereocenters. The summed E-state index contributed by atoms with van der Waals surface area (Å²) in [4.78, 5) is 19.3. The van der Waals surface area contributed by atoms with Crippen molar-refractivity contribution < 1.29 is 13.7 Å². The lowest BCUT2D eigenvalue weighted by Gasteiger charge is -2.35. The van der Waals surface area contributed by atoms with Crippen LogP contribution in [-0.2, 0) is 17.8 Å². The first-order valence-electron chi connectivity index (χ1n) is 10.0. The number of aromatic nitrogens is 2. The third-order valence-electron chi connectivity index (χ3n) is 5.51. The molecule has 0 bridgehead atoms. The minimum atomic E-state index is 0.0863. The minimum absolute atomic E-state index is 0.0863. The lowest BCUT2D eigenvalue weighted by Crippen LogP contribution is -2.38. The Morgan fingerprint density at radius 3 is 2.70 bits per heavy atom. The second kappa shape index (κ2) is 7.99. The van der Waals surface area contributed by atoms with Crippen LogP contribution in [0.5, 0.6) is 0 Å². The Morgan fingerprint density at radius 2 is 1.87 bits per heavy atom. The van der Waals surface area contributed by atoms with E-state index < -0.39 is 0 Å². The van der Waals surface area contributed by atoms with Crippen molar-refractivity contribution in [3.8, 4) is 11.6 Å². The fourth-order valence-electron chi connectivity index (χ4n) is 4.00. The van der Waals surface area contributed by atoms with Crippen LogP contribution in [0.1, 0.15) is 34.9 Å². The molecule has 6 nitrogen and oxygen atoms in total. The number of rotatable bonds is 5. The van der Waals surface area contributed by atoms with Crippen molar-refractivity contribution in [1.29, 1.82) is 0 Å². The van der Waals surface area contributed by atoms with Gasteiger partial charge in [0.15, 0.2) is 5.76 Å². The maximum atomic E-state index is 13.0. The second-order valence-corrected chi connectivity index (χ2v) is 7.43. The largest absolute Gasteiger partial charge is 0.461 e. The molecular weight excluding hydrogens is 378 g/mol. The summed E-state index contributed by atoms with van der Waals surface area (Å²) in [7, 11) is 0. The van der Waals surface area contributed by atoms with Crippen LogP contribution in [0.25, 0.3) is 11.6 Å². The van der Waals surface area contributed by atoms with Crippen molar-refractivity contribution >= 4 is 5.91 Å². The highest BCUT2D eigenvalue weighted by molar-refractivity contribution is 5.77. The highest BCUT2D eigenvalue weighted by Crippen LogP contribution is 2.33. The van der Waals surface area contributed by atoms with Crippen molar-refractivity contribution in [2.45, 2.75) is 25.3 Å². The van der Waals surface area contributed by atoms with Gasteiger partial charge in [0, 0.05) is 31.8 Å². The number of carbonyl (C=O) groups is 1. The summed E-state index contributed by atoms with van der Waals surface area (Å²) >= 11 is 0. The van der Waals surface area contributed by atoms with Gasteiger partial charge < -0.3 is 13.8 Å². The molecule has 0 radical (unpaired) electrons. The standard InChI is InChI=1S/C24H21N3O3/c28-23(13-12-22-25-24(26-30-22)21-11-6-14-29-21)27-15-18-9-4-5-10-19(18)20(16-27)17-7-2-1-3-8-17/h1-11,14,20H,12-13,15-16H2/t20-/m1/s1. The topological polar surface area (TPSA) is 72.4 Å². The number of fused-ring (bicyclic) bond motifs is 1. The molecule has 0 unspecified atom stereocenters. The van der Waals surface area contributed by atoms with E-state index in [0.717, 1.165) is 0 Å². The van der Waals surface area contributed by atoms with Crippen LogP contribution in [0, 0.1) is 0 Å². The molecular formula is C24H21N3O3. The smallest absolute Gasteiger partial charge is 0.238 e. The van der Waals surface area contributed by atoms with Crippen molar-refractivity contribution in [3.63, 3.8) is 0 Å². The number of amides is 1. The Morgan fingerprint density at radius 1 is 1.03 bits per heavy atom. The molecule has 6 heteroatoms. The van der Waals surface area contributed by atoms with Gasteiger partial charge in [0.1, 0.15) is 0 Å². The lowest BCUT2D eigenvalue weighted by molar-refractivity contribution is -0.132. The monoisotopic (exact) mass is 399 g/mol. The highest BCUT2D eigenvalue weighted by atomic mass is 16.5. The van der Waals surface area contributed by atoms with Gasteiger partial charge in [-0.15, -0.1) is 0 Å². The number of hydrogen-bond acceptors (Lipinski definition) is 5. The predicted octanol–water partition coefficient (Wildman–Crippen LogP) is 4.44. The lowest BCUT2D eigenvalue weighted by atomic mass is 9.84. The van der Waals surface area contributed by atoms with Crippen LogP contribution in [0.2, 0.25) is 0 Å². The van der Waals surface area contributed by atoms with Gasteiger partial charge in [0.05, 0.1) is 6.26 Å². The van der Waals surface area contributed by atoms with Crippen LogP contribution in [0.4, 0.5) is 0 Å². The highest BCUT2D eigenvalue weighted by Gasteiger charge is 2.29. The molecule has 1 aliphatic rings. The number of furan rings is 1. The van der Waals surface area contributed by atoms with E-state index in [1.54, 1.807) is 18.4 Å².